The van der Waals surface area contributed by atoms with Crippen LogP contribution < -0.4 is 16.3 Å². The van der Waals surface area contributed by atoms with Crippen LogP contribution in [0.1, 0.15) is 46.5 Å². The van der Waals surface area contributed by atoms with Crippen LogP contribution in [-0.2, 0) is 4.79 Å². The molecule has 144 valence electrons. The summed E-state index contributed by atoms with van der Waals surface area (Å²) >= 11 is 0. The molecule has 2 aliphatic rings. The first-order valence-corrected chi connectivity index (χ1v) is 9.10. The van der Waals surface area contributed by atoms with Crippen molar-refractivity contribution in [1.29, 1.82) is 0 Å². The molecule has 1 heterocycles. The molecule has 1 saturated carbocycles. The number of amides is 1. The number of hydrazone groups is 1. The van der Waals surface area contributed by atoms with E-state index in [-0.39, 0.29) is 17.5 Å². The van der Waals surface area contributed by atoms with E-state index in [2.05, 4.69) is 34.7 Å². The lowest BCUT2D eigenvalue weighted by molar-refractivity contribution is -0.139. The van der Waals surface area contributed by atoms with Gasteiger partial charge < -0.3 is 5.32 Å². The van der Waals surface area contributed by atoms with Gasteiger partial charge in [-0.2, -0.15) is 5.10 Å². The van der Waals surface area contributed by atoms with Crippen molar-refractivity contribution in [3.8, 4) is 0 Å². The molecule has 0 aromatic carbocycles. The van der Waals surface area contributed by atoms with E-state index < -0.39 is 0 Å². The molecule has 7 nitrogen and oxygen atoms in total. The summed E-state index contributed by atoms with van der Waals surface area (Å²) in [7, 11) is 1.88. The van der Waals surface area contributed by atoms with Gasteiger partial charge >= 0.3 is 0 Å². The maximum absolute atomic E-state index is 13.2. The van der Waals surface area contributed by atoms with Crippen molar-refractivity contribution in [2.24, 2.45) is 5.10 Å². The summed E-state index contributed by atoms with van der Waals surface area (Å²) in [5.41, 5.74) is 8.70. The molecule has 1 aliphatic heterocycles. The number of carbonyl (C=O) groups excluding carboxylic acids is 1. The fraction of sp³-hybridized carbons (Fsp3) is 0.579. The molecule has 0 bridgehead atoms. The van der Waals surface area contributed by atoms with Gasteiger partial charge in [0.05, 0.1) is 6.04 Å². The third kappa shape index (κ3) is 4.74. The van der Waals surface area contributed by atoms with E-state index in [0.29, 0.717) is 5.57 Å². The number of allylic oxidation sites excluding steroid dienone is 3. The van der Waals surface area contributed by atoms with E-state index in [0.717, 1.165) is 30.7 Å². The highest BCUT2D eigenvalue weighted by Gasteiger charge is 2.48. The lowest BCUT2D eigenvalue weighted by Crippen LogP contribution is -2.59. The van der Waals surface area contributed by atoms with Crippen LogP contribution in [0.15, 0.2) is 40.8 Å². The first-order chi connectivity index (χ1) is 12.3. The van der Waals surface area contributed by atoms with Gasteiger partial charge in [-0.3, -0.25) is 20.2 Å². The molecular weight excluding hydrogens is 328 g/mol. The van der Waals surface area contributed by atoms with Crippen LogP contribution in [-0.4, -0.2) is 47.8 Å². The summed E-state index contributed by atoms with van der Waals surface area (Å²) in [6.07, 6.45) is 7.72. The Balaban J connectivity index is 2.22. The largest absolute Gasteiger partial charge is 0.311 e. The Hall–Kier alpha value is -2.12. The Morgan fingerprint density at radius 2 is 2.04 bits per heavy atom. The van der Waals surface area contributed by atoms with Gasteiger partial charge in [0, 0.05) is 36.8 Å². The van der Waals surface area contributed by atoms with Crippen molar-refractivity contribution >= 4 is 12.6 Å². The number of hydrazine groups is 2. The summed E-state index contributed by atoms with van der Waals surface area (Å²) in [5, 5.41) is 10.8. The zero-order valence-corrected chi connectivity index (χ0v) is 16.4. The van der Waals surface area contributed by atoms with E-state index in [9.17, 15) is 4.79 Å². The summed E-state index contributed by atoms with van der Waals surface area (Å²) in [6.45, 7) is 13.8. The molecule has 0 aromatic rings. The molecule has 1 aliphatic carbocycles. The van der Waals surface area contributed by atoms with E-state index in [1.807, 2.05) is 32.8 Å². The number of nitrogens with zero attached hydrogens (tertiary/aromatic N) is 3. The first-order valence-electron chi connectivity index (χ1n) is 9.10. The Kier molecular flexibility index (Phi) is 6.61. The highest BCUT2D eigenvalue weighted by atomic mass is 16.2. The minimum Gasteiger partial charge on any atom is -0.311 e. The summed E-state index contributed by atoms with van der Waals surface area (Å²) in [5.74, 6) is -0.0143. The SMILES string of the molecule is C=C/C(C)=C(\C)C(=O)N(NN(C)/C(C)=C\NN=C)C1CCNC2(CC2)C1. The standard InChI is InChI=1S/C19H32N6O/c1-7-14(2)16(4)18(26)25(23-24(6)15(3)13-22-20-5)17-8-11-21-19(12-17)9-10-19/h7,13,17,21-23H,1,5,8-12H2,2-4,6H3/b15-13-,16-14+. The predicted octanol–water partition coefficient (Wildman–Crippen LogP) is 2.04. The van der Waals surface area contributed by atoms with Crippen LogP contribution in [0.4, 0.5) is 0 Å². The van der Waals surface area contributed by atoms with Crippen LogP contribution in [0, 0.1) is 0 Å². The predicted molar refractivity (Wildman–Crippen MR) is 106 cm³/mol. The highest BCUT2D eigenvalue weighted by molar-refractivity contribution is 5.93. The van der Waals surface area contributed by atoms with Crippen LogP contribution >= 0.6 is 0 Å². The van der Waals surface area contributed by atoms with Crippen molar-refractivity contribution < 1.29 is 4.79 Å². The lowest BCUT2D eigenvalue weighted by Gasteiger charge is -2.41. The van der Waals surface area contributed by atoms with E-state index in [1.54, 1.807) is 17.3 Å². The second kappa shape index (κ2) is 8.51. The van der Waals surface area contributed by atoms with Crippen LogP contribution in [0.25, 0.3) is 0 Å². The van der Waals surface area contributed by atoms with Crippen molar-refractivity contribution in [1.82, 2.24) is 26.3 Å². The van der Waals surface area contributed by atoms with Crippen molar-refractivity contribution in [2.75, 3.05) is 13.6 Å². The molecule has 7 heteroatoms. The number of piperidine rings is 1. The van der Waals surface area contributed by atoms with Gasteiger partial charge in [0.2, 0.25) is 0 Å². The Morgan fingerprint density at radius 1 is 1.35 bits per heavy atom. The molecule has 1 saturated heterocycles. The van der Waals surface area contributed by atoms with Gasteiger partial charge in [0.1, 0.15) is 0 Å². The van der Waals surface area contributed by atoms with Gasteiger partial charge in [0.15, 0.2) is 0 Å². The minimum atomic E-state index is -0.0143. The Labute approximate surface area is 156 Å². The quantitative estimate of drug-likeness (QED) is 0.267. The fourth-order valence-corrected chi connectivity index (χ4v) is 3.15. The number of rotatable bonds is 8. The second-order valence-corrected chi connectivity index (χ2v) is 7.27. The summed E-state index contributed by atoms with van der Waals surface area (Å²) in [4.78, 5) is 13.2. The molecule has 2 fully saturated rings. The van der Waals surface area contributed by atoms with Gasteiger partial charge in [-0.25, -0.2) is 0 Å². The average molecular weight is 361 g/mol. The maximum Gasteiger partial charge on any atom is 0.265 e. The lowest BCUT2D eigenvalue weighted by atomic mass is 9.96. The molecule has 26 heavy (non-hydrogen) atoms. The van der Waals surface area contributed by atoms with E-state index in [4.69, 9.17) is 0 Å². The smallest absolute Gasteiger partial charge is 0.265 e. The van der Waals surface area contributed by atoms with Crippen molar-refractivity contribution in [2.45, 2.75) is 58.0 Å². The van der Waals surface area contributed by atoms with E-state index in [1.165, 1.54) is 12.8 Å². The van der Waals surface area contributed by atoms with Gasteiger partial charge in [-0.1, -0.05) is 12.7 Å². The molecule has 3 N–H and O–H groups in total. The molecule has 1 spiro atoms. The fourth-order valence-electron chi connectivity index (χ4n) is 3.15. The molecule has 0 radical (unpaired) electrons. The molecular formula is C19H32N6O. The number of hydrogen-bond acceptors (Lipinski definition) is 6. The normalized spacial score (nSPS) is 22.3. The number of carbonyl (C=O) groups is 1. The number of nitrogens with one attached hydrogen (secondary N) is 3. The third-order valence-electron chi connectivity index (χ3n) is 5.41. The highest BCUT2D eigenvalue weighted by Crippen LogP contribution is 2.43. The van der Waals surface area contributed by atoms with Gasteiger partial charge in [0.25, 0.3) is 5.91 Å². The Bertz CT molecular complexity index is 620. The first kappa shape index (κ1) is 20.2. The van der Waals surface area contributed by atoms with Gasteiger partial charge in [-0.05, 0) is 58.6 Å². The maximum atomic E-state index is 13.2. The monoisotopic (exact) mass is 360 g/mol. The third-order valence-corrected chi connectivity index (χ3v) is 5.41. The zero-order valence-electron chi connectivity index (χ0n) is 16.4. The van der Waals surface area contributed by atoms with E-state index >= 15 is 0 Å². The van der Waals surface area contributed by atoms with Crippen molar-refractivity contribution in [3.05, 3.63) is 35.7 Å². The summed E-state index contributed by atoms with van der Waals surface area (Å²) < 4.78 is 0. The molecule has 0 aromatic heterocycles. The average Bonchev–Trinajstić information content (AvgIpc) is 3.40. The summed E-state index contributed by atoms with van der Waals surface area (Å²) in [6, 6.07) is 0.138. The number of hydrogen-bond donors (Lipinski definition) is 3. The Morgan fingerprint density at radius 3 is 2.62 bits per heavy atom. The molecule has 1 atom stereocenters. The van der Waals surface area contributed by atoms with Crippen LogP contribution in [0.5, 0.6) is 0 Å². The molecule has 1 amide bonds. The molecule has 1 unspecified atom stereocenters. The van der Waals surface area contributed by atoms with Crippen LogP contribution in [0.2, 0.25) is 0 Å². The topological polar surface area (TPSA) is 72.0 Å². The minimum absolute atomic E-state index is 0.0143. The van der Waals surface area contributed by atoms with Crippen molar-refractivity contribution in [3.63, 3.8) is 0 Å². The molecule has 2 rings (SSSR count). The van der Waals surface area contributed by atoms with Crippen LogP contribution in [0.3, 0.4) is 0 Å². The zero-order chi connectivity index (χ0) is 19.3. The van der Waals surface area contributed by atoms with Gasteiger partial charge in [-0.15, -0.1) is 5.53 Å². The second-order valence-electron chi connectivity index (χ2n) is 7.27.